The topological polar surface area (TPSA) is 82.4 Å². The van der Waals surface area contributed by atoms with Gasteiger partial charge in [-0.3, -0.25) is 9.69 Å². The van der Waals surface area contributed by atoms with Gasteiger partial charge in [0.2, 0.25) is 0 Å². The maximum absolute atomic E-state index is 13.3. The van der Waals surface area contributed by atoms with Crippen molar-refractivity contribution in [2.24, 2.45) is 4.99 Å². The fourth-order valence-corrected chi connectivity index (χ4v) is 4.17. The zero-order valence-electron chi connectivity index (χ0n) is 16.7. The van der Waals surface area contributed by atoms with Gasteiger partial charge in [-0.15, -0.1) is 0 Å². The molecule has 4 rings (SSSR count). The lowest BCUT2D eigenvalue weighted by molar-refractivity contribution is -0.113. The van der Waals surface area contributed by atoms with Crippen LogP contribution in [-0.2, 0) is 11.4 Å². The van der Waals surface area contributed by atoms with Gasteiger partial charge in [0.25, 0.3) is 5.91 Å². The number of hydrogen-bond acceptors (Lipinski definition) is 6. The first-order chi connectivity index (χ1) is 15.1. The number of aromatic hydroxyl groups is 1. The van der Waals surface area contributed by atoms with E-state index < -0.39 is 0 Å². The minimum absolute atomic E-state index is 0.116. The van der Waals surface area contributed by atoms with Crippen molar-refractivity contribution in [3.63, 3.8) is 0 Å². The number of amides is 1. The number of anilines is 1. The van der Waals surface area contributed by atoms with Gasteiger partial charge in [-0.1, -0.05) is 36.4 Å². The summed E-state index contributed by atoms with van der Waals surface area (Å²) in [6.45, 7) is -0.350. The average molecular weight is 433 g/mol. The lowest BCUT2D eigenvalue weighted by Gasteiger charge is -2.15. The Morgan fingerprint density at radius 3 is 2.39 bits per heavy atom. The number of benzene rings is 3. The SMILES string of the molecule is COc1cc(/C=C2\S/C(=N\c3ccccc3)N(c3ccccc3)C2=O)cc(CO)c1O. The van der Waals surface area contributed by atoms with E-state index in [-0.39, 0.29) is 24.0 Å². The van der Waals surface area contributed by atoms with Gasteiger partial charge < -0.3 is 14.9 Å². The van der Waals surface area contributed by atoms with Crippen LogP contribution in [0.5, 0.6) is 11.5 Å². The van der Waals surface area contributed by atoms with Gasteiger partial charge in [-0.2, -0.15) is 0 Å². The first-order valence-corrected chi connectivity index (χ1v) is 10.4. The number of amidine groups is 1. The summed E-state index contributed by atoms with van der Waals surface area (Å²) in [6, 6.07) is 22.0. The molecule has 31 heavy (non-hydrogen) atoms. The summed E-state index contributed by atoms with van der Waals surface area (Å²) < 4.78 is 5.19. The quantitative estimate of drug-likeness (QED) is 0.571. The van der Waals surface area contributed by atoms with Crippen molar-refractivity contribution in [3.05, 3.63) is 88.8 Å². The van der Waals surface area contributed by atoms with Gasteiger partial charge in [0.1, 0.15) is 0 Å². The highest BCUT2D eigenvalue weighted by Gasteiger charge is 2.34. The predicted octanol–water partition coefficient (Wildman–Crippen LogP) is 4.70. The zero-order chi connectivity index (χ0) is 21.8. The second kappa shape index (κ2) is 9.07. The third-order valence-corrected chi connectivity index (χ3v) is 5.63. The van der Waals surface area contributed by atoms with Crippen molar-refractivity contribution in [2.75, 3.05) is 12.0 Å². The fourth-order valence-electron chi connectivity index (χ4n) is 3.17. The van der Waals surface area contributed by atoms with Crippen LogP contribution in [0.15, 0.2) is 82.7 Å². The number of thioether (sulfide) groups is 1. The lowest BCUT2D eigenvalue weighted by atomic mass is 10.1. The van der Waals surface area contributed by atoms with Crippen molar-refractivity contribution < 1.29 is 19.7 Å². The lowest BCUT2D eigenvalue weighted by Crippen LogP contribution is -2.28. The molecule has 2 N–H and O–H groups in total. The highest BCUT2D eigenvalue weighted by Crippen LogP contribution is 2.39. The van der Waals surface area contributed by atoms with Crippen LogP contribution in [0, 0.1) is 0 Å². The van der Waals surface area contributed by atoms with E-state index in [2.05, 4.69) is 4.99 Å². The number of phenols is 1. The van der Waals surface area contributed by atoms with Crippen molar-refractivity contribution in [1.29, 1.82) is 0 Å². The Morgan fingerprint density at radius 1 is 1.06 bits per heavy atom. The van der Waals surface area contributed by atoms with Crippen molar-refractivity contribution in [1.82, 2.24) is 0 Å². The molecule has 1 heterocycles. The molecule has 1 aliphatic rings. The Morgan fingerprint density at radius 2 is 1.74 bits per heavy atom. The summed E-state index contributed by atoms with van der Waals surface area (Å²) in [7, 11) is 1.43. The van der Waals surface area contributed by atoms with Crippen LogP contribution in [0.1, 0.15) is 11.1 Å². The van der Waals surface area contributed by atoms with Crippen LogP contribution in [0.3, 0.4) is 0 Å². The summed E-state index contributed by atoms with van der Waals surface area (Å²) in [5.74, 6) is -0.0924. The monoisotopic (exact) mass is 432 g/mol. The smallest absolute Gasteiger partial charge is 0.271 e. The second-order valence-electron chi connectivity index (χ2n) is 6.71. The van der Waals surface area contributed by atoms with Gasteiger partial charge >= 0.3 is 0 Å². The molecule has 3 aromatic rings. The van der Waals surface area contributed by atoms with Crippen molar-refractivity contribution in [3.8, 4) is 11.5 Å². The summed E-state index contributed by atoms with van der Waals surface area (Å²) in [6.07, 6.45) is 1.71. The van der Waals surface area contributed by atoms with Crippen LogP contribution >= 0.6 is 11.8 Å². The van der Waals surface area contributed by atoms with Gasteiger partial charge in [0.15, 0.2) is 16.7 Å². The molecule has 0 radical (unpaired) electrons. The average Bonchev–Trinajstić information content (AvgIpc) is 3.10. The molecule has 0 spiro atoms. The van der Waals surface area contributed by atoms with Crippen LogP contribution in [-0.4, -0.2) is 28.4 Å². The minimum Gasteiger partial charge on any atom is -0.504 e. The third-order valence-electron chi connectivity index (χ3n) is 4.67. The Hall–Kier alpha value is -3.55. The summed E-state index contributed by atoms with van der Waals surface area (Å²) in [4.78, 5) is 20.0. The Kier molecular flexibility index (Phi) is 6.06. The molecule has 6 nitrogen and oxygen atoms in total. The van der Waals surface area contributed by atoms with Crippen LogP contribution in [0.4, 0.5) is 11.4 Å². The molecule has 1 saturated heterocycles. The minimum atomic E-state index is -0.350. The number of nitrogens with zero attached hydrogens (tertiary/aromatic N) is 2. The third kappa shape index (κ3) is 4.33. The molecule has 1 aliphatic heterocycles. The number of aliphatic imine (C=N–C) groups is 1. The van der Waals surface area contributed by atoms with Crippen LogP contribution in [0.2, 0.25) is 0 Å². The van der Waals surface area contributed by atoms with Crippen molar-refractivity contribution in [2.45, 2.75) is 6.61 Å². The number of aliphatic hydroxyl groups is 1. The summed E-state index contributed by atoms with van der Waals surface area (Å²) >= 11 is 1.26. The Bertz CT molecular complexity index is 1140. The molecule has 0 unspecified atom stereocenters. The zero-order valence-corrected chi connectivity index (χ0v) is 17.5. The van der Waals surface area contributed by atoms with E-state index in [0.717, 1.165) is 11.4 Å². The predicted molar refractivity (Wildman–Crippen MR) is 124 cm³/mol. The number of ether oxygens (including phenoxy) is 1. The molecule has 3 aromatic carbocycles. The number of para-hydroxylation sites is 2. The Labute approximate surface area is 184 Å². The van der Waals surface area contributed by atoms with Crippen LogP contribution < -0.4 is 9.64 Å². The standard InChI is InChI=1S/C24H20N2O4S/c1-30-20-13-16(12-17(15-27)22(20)28)14-21-23(29)26(19-10-6-3-7-11-19)24(31-21)25-18-8-4-2-5-9-18/h2-14,27-28H,15H2,1H3/b21-14-,25-24-. The van der Waals surface area contributed by atoms with Crippen molar-refractivity contribution >= 4 is 40.3 Å². The number of carbonyl (C=O) groups excluding carboxylic acids is 1. The molecule has 7 heteroatoms. The molecule has 0 saturated carbocycles. The summed E-state index contributed by atoms with van der Waals surface area (Å²) in [5, 5.41) is 20.2. The number of methoxy groups -OCH3 is 1. The maximum atomic E-state index is 13.3. The molecule has 0 aliphatic carbocycles. The highest BCUT2D eigenvalue weighted by molar-refractivity contribution is 8.19. The molecule has 156 valence electrons. The number of rotatable bonds is 5. The number of carbonyl (C=O) groups is 1. The summed E-state index contributed by atoms with van der Waals surface area (Å²) in [5.41, 5.74) is 2.41. The van der Waals surface area contributed by atoms with Crippen LogP contribution in [0.25, 0.3) is 6.08 Å². The molecule has 0 bridgehead atoms. The van der Waals surface area contributed by atoms with E-state index in [4.69, 9.17) is 4.74 Å². The molecular weight excluding hydrogens is 412 g/mol. The largest absolute Gasteiger partial charge is 0.504 e. The van der Waals surface area contributed by atoms with E-state index in [9.17, 15) is 15.0 Å². The molecular formula is C24H20N2O4S. The van der Waals surface area contributed by atoms with E-state index in [0.29, 0.717) is 21.2 Å². The first kappa shape index (κ1) is 20.7. The molecule has 0 aromatic heterocycles. The van der Waals surface area contributed by atoms with Gasteiger partial charge in [0, 0.05) is 5.56 Å². The first-order valence-electron chi connectivity index (χ1n) is 9.54. The van der Waals surface area contributed by atoms with E-state index >= 15 is 0 Å². The number of aliphatic hydroxyl groups excluding tert-OH is 1. The normalized spacial score (nSPS) is 16.3. The molecule has 0 atom stereocenters. The fraction of sp³-hybridized carbons (Fsp3) is 0.0833. The highest BCUT2D eigenvalue weighted by atomic mass is 32.2. The van der Waals surface area contributed by atoms with E-state index in [1.54, 1.807) is 23.1 Å². The number of hydrogen-bond donors (Lipinski definition) is 2. The molecule has 1 amide bonds. The van der Waals surface area contributed by atoms with Gasteiger partial charge in [-0.05, 0) is 59.8 Å². The molecule has 1 fully saturated rings. The Balaban J connectivity index is 1.78. The van der Waals surface area contributed by atoms with E-state index in [1.165, 1.54) is 18.9 Å². The maximum Gasteiger partial charge on any atom is 0.271 e. The second-order valence-corrected chi connectivity index (χ2v) is 7.71. The van der Waals surface area contributed by atoms with E-state index in [1.807, 2.05) is 60.7 Å². The van der Waals surface area contributed by atoms with Gasteiger partial charge in [0.05, 0.1) is 30.0 Å². The van der Waals surface area contributed by atoms with Gasteiger partial charge in [-0.25, -0.2) is 4.99 Å².